The van der Waals surface area contributed by atoms with E-state index in [1.807, 2.05) is 6.92 Å². The molecule has 120 valence electrons. The molecule has 0 aliphatic heterocycles. The van der Waals surface area contributed by atoms with Gasteiger partial charge in [-0.2, -0.15) is 0 Å². The summed E-state index contributed by atoms with van der Waals surface area (Å²) in [5, 5.41) is 0.615. The first-order valence-corrected chi connectivity index (χ1v) is 8.87. The Hall–Kier alpha value is -1.49. The fourth-order valence-corrected chi connectivity index (χ4v) is 3.75. The van der Waals surface area contributed by atoms with Gasteiger partial charge in [0, 0.05) is 6.54 Å². The molecule has 2 rings (SSSR count). The van der Waals surface area contributed by atoms with Gasteiger partial charge in [-0.1, -0.05) is 39.0 Å². The van der Waals surface area contributed by atoms with Crippen LogP contribution in [0.15, 0.2) is 11.1 Å². The number of rotatable bonds is 8. The van der Waals surface area contributed by atoms with Crippen LogP contribution in [-0.2, 0) is 6.54 Å². The summed E-state index contributed by atoms with van der Waals surface area (Å²) in [5.74, 6) is 0.00220. The highest BCUT2D eigenvalue weighted by atomic mass is 32.1. The van der Waals surface area contributed by atoms with Crippen molar-refractivity contribution in [1.29, 1.82) is 0 Å². The molecular formula is C17H24N2O2S. The highest BCUT2D eigenvalue weighted by Crippen LogP contribution is 2.26. The molecule has 0 atom stereocenters. The molecule has 0 fully saturated rings. The zero-order valence-corrected chi connectivity index (χ0v) is 14.5. The third-order valence-corrected chi connectivity index (χ3v) is 5.29. The first-order chi connectivity index (χ1) is 10.6. The van der Waals surface area contributed by atoms with E-state index in [-0.39, 0.29) is 11.3 Å². The van der Waals surface area contributed by atoms with E-state index >= 15 is 0 Å². The molecule has 0 aromatic carbocycles. The van der Waals surface area contributed by atoms with Crippen LogP contribution in [-0.4, -0.2) is 15.3 Å². The Morgan fingerprint density at radius 2 is 1.91 bits per heavy atom. The monoisotopic (exact) mass is 320 g/mol. The largest absolute Gasteiger partial charge is 0.299 e. The number of ketones is 1. The smallest absolute Gasteiger partial charge is 0.262 e. The second-order valence-electron chi connectivity index (χ2n) is 5.80. The van der Waals surface area contributed by atoms with Crippen molar-refractivity contribution in [1.82, 2.24) is 9.55 Å². The van der Waals surface area contributed by atoms with Gasteiger partial charge in [0.15, 0.2) is 5.78 Å². The number of hydrogen-bond acceptors (Lipinski definition) is 4. The normalized spacial score (nSPS) is 11.2. The quantitative estimate of drug-likeness (QED) is 0.537. The number of hydrogen-bond donors (Lipinski definition) is 0. The minimum atomic E-state index is -0.0141. The fraction of sp³-hybridized carbons (Fsp3) is 0.588. The van der Waals surface area contributed by atoms with Gasteiger partial charge in [0.05, 0.1) is 16.6 Å². The van der Waals surface area contributed by atoms with E-state index in [9.17, 15) is 9.59 Å². The van der Waals surface area contributed by atoms with Gasteiger partial charge in [0.25, 0.3) is 5.56 Å². The van der Waals surface area contributed by atoms with E-state index in [4.69, 9.17) is 0 Å². The molecule has 0 amide bonds. The van der Waals surface area contributed by atoms with Crippen molar-refractivity contribution in [3.63, 3.8) is 0 Å². The lowest BCUT2D eigenvalue weighted by atomic mass is 10.1. The maximum Gasteiger partial charge on any atom is 0.262 e. The Balaban J connectivity index is 2.12. The van der Waals surface area contributed by atoms with E-state index in [1.165, 1.54) is 43.9 Å². The Labute approximate surface area is 135 Å². The molecule has 2 aromatic heterocycles. The second-order valence-corrected chi connectivity index (χ2v) is 6.80. The lowest BCUT2D eigenvalue weighted by Crippen LogP contribution is -2.20. The van der Waals surface area contributed by atoms with Crippen LogP contribution < -0.4 is 5.56 Å². The number of unbranched alkanes of at least 4 members (excludes halogenated alkanes) is 5. The van der Waals surface area contributed by atoms with Gasteiger partial charge in [0.2, 0.25) is 0 Å². The number of aromatic nitrogens is 2. The Bertz CT molecular complexity index is 715. The van der Waals surface area contributed by atoms with Gasteiger partial charge in [-0.15, -0.1) is 11.3 Å². The predicted octanol–water partition coefficient (Wildman–Crippen LogP) is 4.33. The average molecular weight is 320 g/mol. The van der Waals surface area contributed by atoms with Gasteiger partial charge >= 0.3 is 0 Å². The van der Waals surface area contributed by atoms with E-state index < -0.39 is 0 Å². The molecule has 2 heterocycles. The van der Waals surface area contributed by atoms with E-state index in [2.05, 4.69) is 11.9 Å². The number of fused-ring (bicyclic) bond motifs is 1. The summed E-state index contributed by atoms with van der Waals surface area (Å²) in [4.78, 5) is 29.9. The third kappa shape index (κ3) is 3.64. The standard InChI is InChI=1S/C17H24N2O2S/c1-4-5-6-7-8-9-10-19-11-18-16-14(17(19)21)12(2)15(22-16)13(3)20/h11H,4-10H2,1-3H3. The van der Waals surface area contributed by atoms with E-state index in [1.54, 1.807) is 10.9 Å². The van der Waals surface area contributed by atoms with Crippen LogP contribution >= 0.6 is 11.3 Å². The van der Waals surface area contributed by atoms with Gasteiger partial charge in [0.1, 0.15) is 4.83 Å². The SMILES string of the molecule is CCCCCCCCn1cnc2sc(C(C)=O)c(C)c2c1=O. The van der Waals surface area contributed by atoms with Crippen LogP contribution in [0.25, 0.3) is 10.2 Å². The van der Waals surface area contributed by atoms with Crippen LogP contribution in [0.2, 0.25) is 0 Å². The molecule has 0 bridgehead atoms. The molecule has 0 radical (unpaired) electrons. The average Bonchev–Trinajstić information content (AvgIpc) is 2.83. The van der Waals surface area contributed by atoms with Gasteiger partial charge in [-0.05, 0) is 25.8 Å². The first-order valence-electron chi connectivity index (χ1n) is 8.05. The maximum absolute atomic E-state index is 12.6. The maximum atomic E-state index is 12.6. The van der Waals surface area contributed by atoms with Crippen molar-refractivity contribution in [2.75, 3.05) is 0 Å². The first kappa shape index (κ1) is 16.9. The highest BCUT2D eigenvalue weighted by molar-refractivity contribution is 7.20. The molecule has 0 N–H and O–H groups in total. The number of carbonyl (C=O) groups excluding carboxylic acids is 1. The third-order valence-electron chi connectivity index (χ3n) is 3.99. The summed E-state index contributed by atoms with van der Waals surface area (Å²) in [7, 11) is 0. The fourth-order valence-electron chi connectivity index (χ4n) is 2.72. The van der Waals surface area contributed by atoms with Gasteiger partial charge in [-0.25, -0.2) is 4.98 Å². The Kier molecular flexibility index (Phi) is 5.89. The number of nitrogens with zero attached hydrogens (tertiary/aromatic N) is 2. The van der Waals surface area contributed by atoms with Crippen LogP contribution in [0.3, 0.4) is 0 Å². The molecule has 0 unspecified atom stereocenters. The number of Topliss-reactive ketones (excluding diaryl/α,β-unsaturated/α-hetero) is 1. The number of thiophene rings is 1. The lowest BCUT2D eigenvalue weighted by Gasteiger charge is -2.05. The van der Waals surface area contributed by atoms with Crippen LogP contribution in [0.4, 0.5) is 0 Å². The zero-order valence-electron chi connectivity index (χ0n) is 13.6. The van der Waals surface area contributed by atoms with Crippen molar-refractivity contribution < 1.29 is 4.79 Å². The Morgan fingerprint density at radius 1 is 1.23 bits per heavy atom. The highest BCUT2D eigenvalue weighted by Gasteiger charge is 2.16. The van der Waals surface area contributed by atoms with Crippen molar-refractivity contribution in [3.05, 3.63) is 27.1 Å². The molecule has 0 saturated heterocycles. The molecule has 0 aliphatic carbocycles. The van der Waals surface area contributed by atoms with Crippen molar-refractivity contribution >= 4 is 27.3 Å². The summed E-state index contributed by atoms with van der Waals surface area (Å²) in [5.41, 5.74) is 0.766. The topological polar surface area (TPSA) is 52.0 Å². The summed E-state index contributed by atoms with van der Waals surface area (Å²) < 4.78 is 1.69. The molecule has 0 saturated carbocycles. The molecule has 0 spiro atoms. The van der Waals surface area contributed by atoms with Crippen LogP contribution in [0, 0.1) is 6.92 Å². The van der Waals surface area contributed by atoms with Crippen molar-refractivity contribution in [2.24, 2.45) is 0 Å². The predicted molar refractivity (Wildman–Crippen MR) is 92.0 cm³/mol. The summed E-state index contributed by atoms with van der Waals surface area (Å²) in [6.45, 7) is 6.29. The lowest BCUT2D eigenvalue weighted by molar-refractivity contribution is 0.102. The van der Waals surface area contributed by atoms with Gasteiger partial charge < -0.3 is 0 Å². The molecule has 0 aliphatic rings. The summed E-state index contributed by atoms with van der Waals surface area (Å²) >= 11 is 1.32. The van der Waals surface area contributed by atoms with Crippen molar-refractivity contribution in [2.45, 2.75) is 65.8 Å². The van der Waals surface area contributed by atoms with Gasteiger partial charge in [-0.3, -0.25) is 14.2 Å². The Morgan fingerprint density at radius 3 is 2.59 bits per heavy atom. The van der Waals surface area contributed by atoms with Crippen molar-refractivity contribution in [3.8, 4) is 0 Å². The molecular weight excluding hydrogens is 296 g/mol. The second kappa shape index (κ2) is 7.68. The molecule has 5 heteroatoms. The van der Waals surface area contributed by atoms with E-state index in [0.29, 0.717) is 21.6 Å². The molecule has 22 heavy (non-hydrogen) atoms. The number of carbonyl (C=O) groups is 1. The molecule has 2 aromatic rings. The summed E-state index contributed by atoms with van der Waals surface area (Å²) in [6, 6.07) is 0. The summed E-state index contributed by atoms with van der Waals surface area (Å²) in [6.07, 6.45) is 8.80. The minimum absolute atomic E-state index is 0.00220. The minimum Gasteiger partial charge on any atom is -0.299 e. The zero-order chi connectivity index (χ0) is 16.1. The van der Waals surface area contributed by atoms with Crippen LogP contribution in [0.5, 0.6) is 0 Å². The number of aryl methyl sites for hydroxylation is 2. The van der Waals surface area contributed by atoms with E-state index in [0.717, 1.165) is 18.4 Å². The van der Waals surface area contributed by atoms with Crippen LogP contribution in [0.1, 0.15) is 67.6 Å². The molecule has 4 nitrogen and oxygen atoms in total.